The van der Waals surface area contributed by atoms with Crippen LogP contribution in [-0.4, -0.2) is 15.0 Å². The van der Waals surface area contributed by atoms with Gasteiger partial charge in [0.15, 0.2) is 5.65 Å². The Bertz CT molecular complexity index is 355. The maximum absolute atomic E-state index is 4.08. The fraction of sp³-hybridized carbons (Fsp3) is 0. The van der Waals surface area contributed by atoms with Gasteiger partial charge >= 0.3 is 0 Å². The minimum Gasteiger partial charge on any atom is -0.329 e. The van der Waals surface area contributed by atoms with E-state index >= 15 is 0 Å². The Hall–Kier alpha value is -1.03. The molecular weight excluding hydrogens is 146 g/mol. The molecule has 3 nitrogen and oxygen atoms in total. The fourth-order valence-electron chi connectivity index (χ4n) is 0.815. The van der Waals surface area contributed by atoms with Gasteiger partial charge in [-0.3, -0.25) is 0 Å². The zero-order valence-electron chi connectivity index (χ0n) is 5.07. The SMILES string of the molecule is Sc1ccc2nc[nH]c2n1. The van der Waals surface area contributed by atoms with Crippen LogP contribution in [0.25, 0.3) is 11.2 Å². The van der Waals surface area contributed by atoms with Gasteiger partial charge in [-0.15, -0.1) is 12.6 Å². The average Bonchev–Trinajstić information content (AvgIpc) is 2.33. The van der Waals surface area contributed by atoms with Gasteiger partial charge in [0.05, 0.1) is 11.4 Å². The van der Waals surface area contributed by atoms with E-state index in [1.54, 1.807) is 6.33 Å². The van der Waals surface area contributed by atoms with Gasteiger partial charge in [-0.2, -0.15) is 0 Å². The molecule has 0 aliphatic heterocycles. The van der Waals surface area contributed by atoms with Crippen LogP contribution in [0, 0.1) is 0 Å². The van der Waals surface area contributed by atoms with Gasteiger partial charge in [0.1, 0.15) is 5.52 Å². The first kappa shape index (κ1) is 5.73. The summed E-state index contributed by atoms with van der Waals surface area (Å²) in [4.78, 5) is 11.0. The Morgan fingerprint density at radius 2 is 2.30 bits per heavy atom. The first-order valence-electron chi connectivity index (χ1n) is 2.85. The molecule has 0 saturated heterocycles. The van der Waals surface area contributed by atoms with Crippen molar-refractivity contribution >= 4 is 23.8 Å². The van der Waals surface area contributed by atoms with Gasteiger partial charge in [-0.05, 0) is 12.1 Å². The van der Waals surface area contributed by atoms with Gasteiger partial charge in [0, 0.05) is 0 Å². The highest BCUT2D eigenvalue weighted by Crippen LogP contribution is 2.08. The molecule has 0 unspecified atom stereocenters. The molecule has 0 bridgehead atoms. The van der Waals surface area contributed by atoms with Crippen LogP contribution in [0.15, 0.2) is 23.5 Å². The van der Waals surface area contributed by atoms with Crippen LogP contribution < -0.4 is 0 Å². The predicted molar refractivity (Wildman–Crippen MR) is 41.1 cm³/mol. The standard InChI is InChI=1S/C6H5N3S/c10-5-2-1-4-6(9-5)8-3-7-4/h1-3H,(H2,7,8,9,10). The number of aromatic nitrogens is 3. The molecule has 0 fully saturated rings. The van der Waals surface area contributed by atoms with E-state index in [9.17, 15) is 0 Å². The summed E-state index contributed by atoms with van der Waals surface area (Å²) in [5.74, 6) is 0. The van der Waals surface area contributed by atoms with Crippen LogP contribution in [0.3, 0.4) is 0 Å². The number of nitrogens with one attached hydrogen (secondary N) is 1. The van der Waals surface area contributed by atoms with E-state index in [0.29, 0.717) is 5.03 Å². The van der Waals surface area contributed by atoms with Crippen molar-refractivity contribution in [3.05, 3.63) is 18.5 Å². The van der Waals surface area contributed by atoms with Crippen molar-refractivity contribution in [2.75, 3.05) is 0 Å². The smallest absolute Gasteiger partial charge is 0.158 e. The maximum Gasteiger partial charge on any atom is 0.158 e. The maximum atomic E-state index is 4.08. The van der Waals surface area contributed by atoms with Crippen molar-refractivity contribution in [3.8, 4) is 0 Å². The van der Waals surface area contributed by atoms with Gasteiger partial charge in [0.2, 0.25) is 0 Å². The molecule has 10 heavy (non-hydrogen) atoms. The number of hydrogen-bond acceptors (Lipinski definition) is 3. The Kier molecular flexibility index (Phi) is 1.14. The van der Waals surface area contributed by atoms with Crippen LogP contribution in [0.5, 0.6) is 0 Å². The number of pyridine rings is 1. The molecule has 2 aromatic heterocycles. The highest BCUT2D eigenvalue weighted by molar-refractivity contribution is 7.80. The third kappa shape index (κ3) is 0.769. The van der Waals surface area contributed by atoms with Crippen LogP contribution in [-0.2, 0) is 0 Å². The number of H-pyrrole nitrogens is 1. The topological polar surface area (TPSA) is 41.6 Å². The third-order valence-electron chi connectivity index (χ3n) is 1.26. The summed E-state index contributed by atoms with van der Waals surface area (Å²) >= 11 is 4.08. The van der Waals surface area contributed by atoms with Crippen molar-refractivity contribution in [1.29, 1.82) is 0 Å². The molecule has 2 heterocycles. The first-order chi connectivity index (χ1) is 4.86. The molecule has 0 aliphatic carbocycles. The number of rotatable bonds is 0. The molecule has 0 spiro atoms. The Morgan fingerprint density at radius 3 is 3.20 bits per heavy atom. The predicted octanol–water partition coefficient (Wildman–Crippen LogP) is 1.25. The summed E-state index contributed by atoms with van der Waals surface area (Å²) in [5.41, 5.74) is 1.66. The minimum absolute atomic E-state index is 0.705. The second kappa shape index (κ2) is 1.98. The molecule has 0 saturated carbocycles. The van der Waals surface area contributed by atoms with Crippen LogP contribution in [0.2, 0.25) is 0 Å². The summed E-state index contributed by atoms with van der Waals surface area (Å²) in [6.07, 6.45) is 1.62. The molecule has 50 valence electrons. The van der Waals surface area contributed by atoms with E-state index in [2.05, 4.69) is 27.6 Å². The van der Waals surface area contributed by atoms with Gasteiger partial charge in [0.25, 0.3) is 0 Å². The van der Waals surface area contributed by atoms with E-state index < -0.39 is 0 Å². The van der Waals surface area contributed by atoms with Gasteiger partial charge < -0.3 is 4.98 Å². The number of fused-ring (bicyclic) bond motifs is 1. The lowest BCUT2D eigenvalue weighted by atomic mass is 10.4. The van der Waals surface area contributed by atoms with E-state index in [1.165, 1.54) is 0 Å². The second-order valence-corrected chi connectivity index (χ2v) is 2.40. The number of nitrogens with zero attached hydrogens (tertiary/aromatic N) is 2. The number of aromatic amines is 1. The number of hydrogen-bond donors (Lipinski definition) is 2. The van der Waals surface area contributed by atoms with Gasteiger partial charge in [-0.25, -0.2) is 9.97 Å². The van der Waals surface area contributed by atoms with Crippen LogP contribution in [0.4, 0.5) is 0 Å². The van der Waals surface area contributed by atoms with Crippen molar-refractivity contribution in [3.63, 3.8) is 0 Å². The number of imidazole rings is 1. The minimum atomic E-state index is 0.705. The zero-order chi connectivity index (χ0) is 6.97. The lowest BCUT2D eigenvalue weighted by Crippen LogP contribution is -1.76. The van der Waals surface area contributed by atoms with E-state index in [-0.39, 0.29) is 0 Å². The molecular formula is C6H5N3S. The summed E-state index contributed by atoms with van der Waals surface area (Å²) in [5, 5.41) is 0.705. The summed E-state index contributed by atoms with van der Waals surface area (Å²) in [7, 11) is 0. The van der Waals surface area contributed by atoms with E-state index in [0.717, 1.165) is 11.2 Å². The summed E-state index contributed by atoms with van der Waals surface area (Å²) in [6, 6.07) is 3.69. The average molecular weight is 151 g/mol. The summed E-state index contributed by atoms with van der Waals surface area (Å²) in [6.45, 7) is 0. The lowest BCUT2D eigenvalue weighted by molar-refractivity contribution is 1.17. The molecule has 0 atom stereocenters. The van der Waals surface area contributed by atoms with Crippen molar-refractivity contribution in [2.45, 2.75) is 5.03 Å². The molecule has 2 aromatic rings. The first-order valence-corrected chi connectivity index (χ1v) is 3.30. The molecule has 4 heteroatoms. The van der Waals surface area contributed by atoms with E-state index in [4.69, 9.17) is 0 Å². The fourth-order valence-corrected chi connectivity index (χ4v) is 0.989. The summed E-state index contributed by atoms with van der Waals surface area (Å²) < 4.78 is 0. The Labute approximate surface area is 62.9 Å². The molecule has 0 aliphatic rings. The van der Waals surface area contributed by atoms with E-state index in [1.807, 2.05) is 12.1 Å². The monoisotopic (exact) mass is 151 g/mol. The largest absolute Gasteiger partial charge is 0.329 e. The molecule has 0 radical (unpaired) electrons. The Morgan fingerprint density at radius 1 is 1.40 bits per heavy atom. The third-order valence-corrected chi connectivity index (χ3v) is 1.51. The highest BCUT2D eigenvalue weighted by atomic mass is 32.1. The molecule has 0 amide bonds. The van der Waals surface area contributed by atoms with Crippen molar-refractivity contribution < 1.29 is 0 Å². The van der Waals surface area contributed by atoms with Gasteiger partial charge in [-0.1, -0.05) is 0 Å². The second-order valence-electron chi connectivity index (χ2n) is 1.94. The zero-order valence-corrected chi connectivity index (χ0v) is 5.97. The number of thiol groups is 1. The normalized spacial score (nSPS) is 10.5. The van der Waals surface area contributed by atoms with Crippen molar-refractivity contribution in [1.82, 2.24) is 15.0 Å². The highest BCUT2D eigenvalue weighted by Gasteiger charge is 1.94. The lowest BCUT2D eigenvalue weighted by Gasteiger charge is -1.87. The quantitative estimate of drug-likeness (QED) is 0.556. The Balaban J connectivity index is 2.86. The molecule has 0 aromatic carbocycles. The van der Waals surface area contributed by atoms with Crippen LogP contribution >= 0.6 is 12.6 Å². The van der Waals surface area contributed by atoms with Crippen molar-refractivity contribution in [2.24, 2.45) is 0 Å². The molecule has 2 rings (SSSR count). The van der Waals surface area contributed by atoms with Crippen LogP contribution in [0.1, 0.15) is 0 Å². The molecule has 1 N–H and O–H groups in total.